The van der Waals surface area contributed by atoms with E-state index in [1.807, 2.05) is 35.1 Å². The van der Waals surface area contributed by atoms with Gasteiger partial charge in [-0.1, -0.05) is 11.6 Å². The van der Waals surface area contributed by atoms with Gasteiger partial charge in [0, 0.05) is 22.5 Å². The minimum atomic E-state index is 0.189. The second-order valence-electron chi connectivity index (χ2n) is 6.61. The van der Waals surface area contributed by atoms with Crippen LogP contribution >= 0.6 is 11.6 Å². The Bertz CT molecular complexity index is 932. The van der Waals surface area contributed by atoms with Gasteiger partial charge in [-0.05, 0) is 49.9 Å². The van der Waals surface area contributed by atoms with Gasteiger partial charge in [0.15, 0.2) is 0 Å². The highest BCUT2D eigenvalue weighted by Crippen LogP contribution is 2.34. The molecule has 3 heterocycles. The molecule has 1 aromatic carbocycles. The number of nitrogens with zero attached hydrogens (tertiary/aromatic N) is 3. The summed E-state index contributed by atoms with van der Waals surface area (Å²) < 4.78 is 13.2. The molecule has 0 saturated carbocycles. The summed E-state index contributed by atoms with van der Waals surface area (Å²) in [5, 5.41) is 6.56. The normalized spacial score (nSPS) is 19.0. The fraction of sp³-hybridized carbons (Fsp3) is 0.368. The fourth-order valence-corrected chi connectivity index (χ4v) is 3.54. The molecule has 2 aromatic heterocycles. The summed E-state index contributed by atoms with van der Waals surface area (Å²) in [6.07, 6.45) is 6.55. The molecule has 5 rings (SSSR count). The van der Waals surface area contributed by atoms with Crippen molar-refractivity contribution in [3.63, 3.8) is 0 Å². The average Bonchev–Trinajstić information content (AvgIpc) is 3.40. The number of rotatable bonds is 4. The molecular formula is C19H18ClN3O2. The van der Waals surface area contributed by atoms with Gasteiger partial charge in [0.1, 0.15) is 18.2 Å². The maximum atomic E-state index is 6.09. The quantitative estimate of drug-likeness (QED) is 0.669. The van der Waals surface area contributed by atoms with Crippen molar-refractivity contribution in [2.75, 3.05) is 13.2 Å². The second kappa shape index (κ2) is 6.00. The van der Waals surface area contributed by atoms with E-state index in [1.165, 1.54) is 24.1 Å². The Balaban J connectivity index is 1.67. The standard InChI is InChI=1S/C19H18ClN3O2/c20-12-5-7-13(8-6-12)23-19(25-11-14-10-24-14)16-9-21-17-4-2-1-3-15(17)18(16)22-23/h5-9,14H,1-4,10-11H2. The van der Waals surface area contributed by atoms with Crippen molar-refractivity contribution in [3.05, 3.63) is 46.7 Å². The van der Waals surface area contributed by atoms with Crippen LogP contribution in [0.15, 0.2) is 30.5 Å². The second-order valence-corrected chi connectivity index (χ2v) is 7.05. The van der Waals surface area contributed by atoms with Crippen LogP contribution in [0.3, 0.4) is 0 Å². The molecule has 0 N–H and O–H groups in total. The van der Waals surface area contributed by atoms with E-state index in [0.29, 0.717) is 11.6 Å². The minimum Gasteiger partial charge on any atom is -0.474 e. The first kappa shape index (κ1) is 15.2. The number of epoxide rings is 1. The lowest BCUT2D eigenvalue weighted by Crippen LogP contribution is -2.08. The summed E-state index contributed by atoms with van der Waals surface area (Å²) in [6, 6.07) is 7.64. The highest BCUT2D eigenvalue weighted by molar-refractivity contribution is 6.30. The Morgan fingerprint density at radius 1 is 1.20 bits per heavy atom. The number of benzene rings is 1. The number of ether oxygens (including phenoxy) is 2. The molecule has 0 spiro atoms. The van der Waals surface area contributed by atoms with Crippen molar-refractivity contribution in [1.29, 1.82) is 0 Å². The highest BCUT2D eigenvalue weighted by Gasteiger charge is 2.26. The lowest BCUT2D eigenvalue weighted by atomic mass is 9.95. The van der Waals surface area contributed by atoms with E-state index in [4.69, 9.17) is 26.2 Å². The van der Waals surface area contributed by atoms with E-state index in [0.717, 1.165) is 41.9 Å². The molecule has 1 aliphatic carbocycles. The Hall–Kier alpha value is -2.11. The first-order valence-corrected chi connectivity index (χ1v) is 9.07. The van der Waals surface area contributed by atoms with Crippen LogP contribution in [0.5, 0.6) is 5.88 Å². The van der Waals surface area contributed by atoms with Crippen molar-refractivity contribution in [2.45, 2.75) is 31.8 Å². The maximum absolute atomic E-state index is 6.09. The molecule has 1 saturated heterocycles. The van der Waals surface area contributed by atoms with Crippen LogP contribution < -0.4 is 4.74 Å². The summed E-state index contributed by atoms with van der Waals surface area (Å²) in [5.74, 6) is 0.730. The van der Waals surface area contributed by atoms with Gasteiger partial charge in [-0.25, -0.2) is 0 Å². The Kier molecular flexibility index (Phi) is 3.64. The first-order chi connectivity index (χ1) is 12.3. The molecule has 25 heavy (non-hydrogen) atoms. The number of hydrogen-bond acceptors (Lipinski definition) is 4. The van der Waals surface area contributed by atoms with Gasteiger partial charge in [0.05, 0.1) is 17.7 Å². The molecule has 0 bridgehead atoms. The number of aromatic nitrogens is 3. The Morgan fingerprint density at radius 3 is 2.80 bits per heavy atom. The van der Waals surface area contributed by atoms with E-state index >= 15 is 0 Å². The van der Waals surface area contributed by atoms with Crippen LogP contribution in [0, 0.1) is 0 Å². The third-order valence-electron chi connectivity index (χ3n) is 4.83. The number of halogens is 1. The number of hydrogen-bond donors (Lipinski definition) is 0. The summed E-state index contributed by atoms with van der Waals surface area (Å²) in [5.41, 5.74) is 4.38. The minimum absolute atomic E-state index is 0.189. The van der Waals surface area contributed by atoms with Crippen LogP contribution in [0.4, 0.5) is 0 Å². The van der Waals surface area contributed by atoms with Crippen molar-refractivity contribution in [1.82, 2.24) is 14.8 Å². The van der Waals surface area contributed by atoms with Gasteiger partial charge in [0.2, 0.25) is 5.88 Å². The Morgan fingerprint density at radius 2 is 2.00 bits per heavy atom. The van der Waals surface area contributed by atoms with Gasteiger partial charge < -0.3 is 9.47 Å². The molecule has 0 radical (unpaired) electrons. The maximum Gasteiger partial charge on any atom is 0.226 e. The number of fused-ring (bicyclic) bond motifs is 3. The molecule has 1 atom stereocenters. The van der Waals surface area contributed by atoms with Gasteiger partial charge in [-0.3, -0.25) is 4.98 Å². The predicted molar refractivity (Wildman–Crippen MR) is 95.8 cm³/mol. The zero-order valence-electron chi connectivity index (χ0n) is 13.7. The summed E-state index contributed by atoms with van der Waals surface area (Å²) in [7, 11) is 0. The van der Waals surface area contributed by atoms with Crippen LogP contribution in [0.25, 0.3) is 16.6 Å². The SMILES string of the molecule is Clc1ccc(-n2nc3c4c(ncc3c2OCC2CO2)CCCC4)cc1. The predicted octanol–water partition coefficient (Wildman–Crippen LogP) is 3.73. The van der Waals surface area contributed by atoms with Crippen LogP contribution in [-0.2, 0) is 17.6 Å². The van der Waals surface area contributed by atoms with E-state index in [9.17, 15) is 0 Å². The third kappa shape index (κ3) is 2.77. The molecule has 1 aliphatic heterocycles. The van der Waals surface area contributed by atoms with E-state index in [2.05, 4.69) is 4.98 Å². The Labute approximate surface area is 150 Å². The number of pyridine rings is 1. The van der Waals surface area contributed by atoms with Crippen LogP contribution in [0.1, 0.15) is 24.1 Å². The summed E-state index contributed by atoms with van der Waals surface area (Å²) in [4.78, 5) is 4.69. The molecule has 128 valence electrons. The molecule has 5 nitrogen and oxygen atoms in total. The van der Waals surface area contributed by atoms with Crippen molar-refractivity contribution >= 4 is 22.5 Å². The molecule has 1 unspecified atom stereocenters. The third-order valence-corrected chi connectivity index (χ3v) is 5.08. The summed E-state index contributed by atoms with van der Waals surface area (Å²) in [6.45, 7) is 1.30. The van der Waals surface area contributed by atoms with Crippen molar-refractivity contribution in [3.8, 4) is 11.6 Å². The van der Waals surface area contributed by atoms with Crippen LogP contribution in [0.2, 0.25) is 5.02 Å². The van der Waals surface area contributed by atoms with E-state index in [1.54, 1.807) is 0 Å². The zero-order valence-corrected chi connectivity index (χ0v) is 14.5. The van der Waals surface area contributed by atoms with Crippen molar-refractivity contribution < 1.29 is 9.47 Å². The largest absolute Gasteiger partial charge is 0.474 e. The molecular weight excluding hydrogens is 338 g/mol. The van der Waals surface area contributed by atoms with Gasteiger partial charge in [-0.15, -0.1) is 0 Å². The molecule has 0 amide bonds. The highest BCUT2D eigenvalue weighted by atomic mass is 35.5. The van der Waals surface area contributed by atoms with Crippen molar-refractivity contribution in [2.24, 2.45) is 0 Å². The lowest BCUT2D eigenvalue weighted by Gasteiger charge is -2.14. The molecule has 2 aliphatic rings. The van der Waals surface area contributed by atoms with Crippen LogP contribution in [-0.4, -0.2) is 34.1 Å². The fourth-order valence-electron chi connectivity index (χ4n) is 3.42. The smallest absolute Gasteiger partial charge is 0.226 e. The van der Waals surface area contributed by atoms with Gasteiger partial charge in [-0.2, -0.15) is 9.78 Å². The zero-order chi connectivity index (χ0) is 16.8. The van der Waals surface area contributed by atoms with E-state index in [-0.39, 0.29) is 6.10 Å². The average molecular weight is 356 g/mol. The van der Waals surface area contributed by atoms with Gasteiger partial charge in [0.25, 0.3) is 0 Å². The topological polar surface area (TPSA) is 52.5 Å². The summed E-state index contributed by atoms with van der Waals surface area (Å²) >= 11 is 6.04. The lowest BCUT2D eigenvalue weighted by molar-refractivity contribution is 0.252. The first-order valence-electron chi connectivity index (χ1n) is 8.69. The number of aryl methyl sites for hydroxylation is 2. The van der Waals surface area contributed by atoms with Gasteiger partial charge >= 0.3 is 0 Å². The molecule has 1 fully saturated rings. The molecule has 6 heteroatoms. The van der Waals surface area contributed by atoms with E-state index < -0.39 is 0 Å². The molecule has 3 aromatic rings. The monoisotopic (exact) mass is 355 g/mol.